The number of hydrogen-bond acceptors (Lipinski definition) is 6. The van der Waals surface area contributed by atoms with Crippen molar-refractivity contribution in [2.75, 3.05) is 4.90 Å². The van der Waals surface area contributed by atoms with Crippen molar-refractivity contribution in [2.24, 2.45) is 23.7 Å². The van der Waals surface area contributed by atoms with Gasteiger partial charge in [-0.25, -0.2) is 0 Å². The van der Waals surface area contributed by atoms with Gasteiger partial charge in [-0.1, -0.05) is 42.0 Å². The first kappa shape index (κ1) is 23.2. The second-order valence-electron chi connectivity index (χ2n) is 9.39. The van der Waals surface area contributed by atoms with Crippen LogP contribution in [0.4, 0.5) is 11.4 Å². The van der Waals surface area contributed by atoms with Crippen LogP contribution in [0.25, 0.3) is 0 Å². The molecule has 1 heterocycles. The maximum atomic E-state index is 13.0. The number of rotatable bonds is 7. The average Bonchev–Trinajstić information content (AvgIpc) is 3.58. The van der Waals surface area contributed by atoms with Gasteiger partial charge in [0.05, 0.1) is 27.5 Å². The van der Waals surface area contributed by atoms with Crippen LogP contribution < -0.4 is 14.4 Å². The first-order chi connectivity index (χ1) is 17.9. The summed E-state index contributed by atoms with van der Waals surface area (Å²) < 4.78 is 11.5. The summed E-state index contributed by atoms with van der Waals surface area (Å²) >= 11 is 6.09. The molecule has 2 fully saturated rings. The molecule has 0 aromatic heterocycles. The second-order valence-corrected chi connectivity index (χ2v) is 9.79. The van der Waals surface area contributed by atoms with E-state index in [9.17, 15) is 19.7 Å². The van der Waals surface area contributed by atoms with Gasteiger partial charge < -0.3 is 9.47 Å². The topological polar surface area (TPSA) is 99.0 Å². The fourth-order valence-electron chi connectivity index (χ4n) is 5.53. The number of anilines is 1. The monoisotopic (exact) mass is 516 g/mol. The molecule has 1 saturated carbocycles. The molecular formula is C28H21ClN2O6. The minimum Gasteiger partial charge on any atom is -0.489 e. The molecular weight excluding hydrogens is 496 g/mol. The molecule has 3 aromatic rings. The molecule has 0 spiro atoms. The summed E-state index contributed by atoms with van der Waals surface area (Å²) in [5.74, 6) is 0.667. The summed E-state index contributed by atoms with van der Waals surface area (Å²) in [4.78, 5) is 38.0. The first-order valence-electron chi connectivity index (χ1n) is 11.9. The van der Waals surface area contributed by atoms with Crippen molar-refractivity contribution in [3.63, 3.8) is 0 Å². The quantitative estimate of drug-likeness (QED) is 0.167. The van der Waals surface area contributed by atoms with Gasteiger partial charge in [0.2, 0.25) is 17.6 Å². The van der Waals surface area contributed by atoms with E-state index in [0.29, 0.717) is 17.2 Å². The molecule has 8 nitrogen and oxygen atoms in total. The van der Waals surface area contributed by atoms with Crippen LogP contribution in [0.1, 0.15) is 12.0 Å². The SMILES string of the molecule is O=C1[C@@H]2[C@H](C(=O)N1c1ccc(OCc3ccc(Oc4c(Cl)cccc4[N+](=O)[O-])cc3)cc1)[C@H]1C=C[C@H]2C1. The van der Waals surface area contributed by atoms with Gasteiger partial charge in [0.25, 0.3) is 0 Å². The van der Waals surface area contributed by atoms with Crippen LogP contribution >= 0.6 is 11.6 Å². The van der Waals surface area contributed by atoms with Crippen LogP contribution in [0.2, 0.25) is 5.02 Å². The highest BCUT2D eigenvalue weighted by Crippen LogP contribution is 2.53. The summed E-state index contributed by atoms with van der Waals surface area (Å²) in [6.45, 7) is 0.270. The third-order valence-corrected chi connectivity index (χ3v) is 7.55. The van der Waals surface area contributed by atoms with Gasteiger partial charge in [-0.2, -0.15) is 0 Å². The molecule has 0 unspecified atom stereocenters. The Labute approximate surface area is 217 Å². The fourth-order valence-corrected chi connectivity index (χ4v) is 5.74. The largest absolute Gasteiger partial charge is 0.489 e. The molecule has 2 bridgehead atoms. The Morgan fingerprint density at radius 3 is 2.14 bits per heavy atom. The Bertz CT molecular complexity index is 1410. The van der Waals surface area contributed by atoms with Gasteiger partial charge in [0.15, 0.2) is 0 Å². The molecule has 6 rings (SSSR count). The van der Waals surface area contributed by atoms with Crippen LogP contribution in [-0.4, -0.2) is 16.7 Å². The third-order valence-electron chi connectivity index (χ3n) is 7.26. The van der Waals surface area contributed by atoms with Crippen molar-refractivity contribution in [3.05, 3.63) is 99.6 Å². The maximum Gasteiger partial charge on any atom is 0.313 e. The van der Waals surface area contributed by atoms with Gasteiger partial charge in [-0.15, -0.1) is 0 Å². The lowest BCUT2D eigenvalue weighted by molar-refractivity contribution is -0.385. The number of nitrogens with zero attached hydrogens (tertiary/aromatic N) is 2. The molecule has 37 heavy (non-hydrogen) atoms. The number of benzene rings is 3. The van der Waals surface area contributed by atoms with E-state index in [1.165, 1.54) is 23.1 Å². The zero-order valence-corrected chi connectivity index (χ0v) is 20.2. The number of nitro benzene ring substituents is 1. The molecule has 2 amide bonds. The van der Waals surface area contributed by atoms with Gasteiger partial charge in [0, 0.05) is 6.07 Å². The smallest absolute Gasteiger partial charge is 0.313 e. The number of allylic oxidation sites excluding steroid dienone is 2. The van der Waals surface area contributed by atoms with Gasteiger partial charge >= 0.3 is 5.69 Å². The number of imide groups is 1. The molecule has 3 aromatic carbocycles. The van der Waals surface area contributed by atoms with E-state index >= 15 is 0 Å². The number of ether oxygens (including phenoxy) is 2. The number of fused-ring (bicyclic) bond motifs is 5. The van der Waals surface area contributed by atoms with Crippen LogP contribution in [0.5, 0.6) is 17.2 Å². The molecule has 0 N–H and O–H groups in total. The molecule has 3 aliphatic rings. The second kappa shape index (κ2) is 9.05. The van der Waals surface area contributed by atoms with Crippen LogP contribution in [0.15, 0.2) is 78.9 Å². The minimum absolute atomic E-state index is 0.0132. The predicted molar refractivity (Wildman–Crippen MR) is 136 cm³/mol. The molecule has 9 heteroatoms. The van der Waals surface area contributed by atoms with Gasteiger partial charge in [-0.05, 0) is 66.3 Å². The summed E-state index contributed by atoms with van der Waals surface area (Å²) in [6.07, 6.45) is 5.06. The van der Waals surface area contributed by atoms with Crippen molar-refractivity contribution in [2.45, 2.75) is 13.0 Å². The number of hydrogen-bond donors (Lipinski definition) is 0. The molecule has 0 radical (unpaired) electrons. The Hall–Kier alpha value is -4.17. The van der Waals surface area contributed by atoms with E-state index in [1.807, 2.05) is 0 Å². The van der Waals surface area contributed by atoms with E-state index in [4.69, 9.17) is 21.1 Å². The van der Waals surface area contributed by atoms with E-state index < -0.39 is 4.92 Å². The van der Waals surface area contributed by atoms with Crippen molar-refractivity contribution in [3.8, 4) is 17.2 Å². The molecule has 1 aliphatic heterocycles. The lowest BCUT2D eigenvalue weighted by Gasteiger charge is -2.17. The van der Waals surface area contributed by atoms with Crippen LogP contribution in [0, 0.1) is 33.8 Å². The highest BCUT2D eigenvalue weighted by Gasteiger charge is 2.59. The lowest BCUT2D eigenvalue weighted by Crippen LogP contribution is -2.32. The molecule has 186 valence electrons. The fraction of sp³-hybridized carbons (Fsp3) is 0.214. The highest BCUT2D eigenvalue weighted by molar-refractivity contribution is 6.32. The van der Waals surface area contributed by atoms with Gasteiger partial charge in [0.1, 0.15) is 18.1 Å². The maximum absolute atomic E-state index is 13.0. The van der Waals surface area contributed by atoms with Crippen molar-refractivity contribution >= 4 is 34.8 Å². The summed E-state index contributed by atoms with van der Waals surface area (Å²) in [5.41, 5.74) is 1.20. The van der Waals surface area contributed by atoms with Crippen molar-refractivity contribution < 1.29 is 24.0 Å². The zero-order chi connectivity index (χ0) is 25.7. The lowest BCUT2D eigenvalue weighted by atomic mass is 9.85. The number of nitro groups is 1. The summed E-state index contributed by atoms with van der Waals surface area (Å²) in [7, 11) is 0. The van der Waals surface area contributed by atoms with Crippen molar-refractivity contribution in [1.29, 1.82) is 0 Å². The number of amides is 2. The number of carbonyl (C=O) groups is 2. The number of halogens is 1. The standard InChI is InChI=1S/C28H21ClN2O6/c29-22-2-1-3-23(31(34)35)26(22)37-21-10-4-16(5-11-21)15-36-20-12-8-19(9-13-20)30-27(32)24-17-6-7-18(14-17)25(24)28(30)33/h1-13,17-18,24-25H,14-15H2/t17-,18-,24-,25+/m0/s1. The Balaban J connectivity index is 1.09. The summed E-state index contributed by atoms with van der Waals surface area (Å²) in [6, 6.07) is 18.2. The highest BCUT2D eigenvalue weighted by atomic mass is 35.5. The third kappa shape index (κ3) is 4.03. The number of para-hydroxylation sites is 1. The Morgan fingerprint density at radius 1 is 0.892 bits per heavy atom. The molecule has 1 saturated heterocycles. The van der Waals surface area contributed by atoms with E-state index in [2.05, 4.69) is 12.2 Å². The Kier molecular flexibility index (Phi) is 5.68. The van der Waals surface area contributed by atoms with Crippen molar-refractivity contribution in [1.82, 2.24) is 0 Å². The normalized spacial score (nSPS) is 23.4. The molecule has 2 aliphatic carbocycles. The van der Waals surface area contributed by atoms with E-state index in [-0.39, 0.29) is 58.6 Å². The van der Waals surface area contributed by atoms with E-state index in [1.54, 1.807) is 48.5 Å². The minimum atomic E-state index is -0.545. The predicted octanol–water partition coefficient (Wildman–Crippen LogP) is 5.93. The summed E-state index contributed by atoms with van der Waals surface area (Å²) in [5, 5.41) is 11.4. The Morgan fingerprint density at radius 2 is 1.51 bits per heavy atom. The zero-order valence-electron chi connectivity index (χ0n) is 19.5. The average molecular weight is 517 g/mol. The van der Waals surface area contributed by atoms with Gasteiger partial charge in [-0.3, -0.25) is 24.6 Å². The van der Waals surface area contributed by atoms with Crippen LogP contribution in [0.3, 0.4) is 0 Å². The molecule has 4 atom stereocenters. The van der Waals surface area contributed by atoms with E-state index in [0.717, 1.165) is 12.0 Å². The number of carbonyl (C=O) groups excluding carboxylic acids is 2. The van der Waals surface area contributed by atoms with Crippen LogP contribution in [-0.2, 0) is 16.2 Å². The first-order valence-corrected chi connectivity index (χ1v) is 12.3.